The number of hydrogen-bond donors (Lipinski definition) is 1. The number of carbonyl (C=O) groups is 1. The van der Waals surface area contributed by atoms with Crippen LogP contribution < -0.4 is 0 Å². The number of hydrogen-bond acceptors (Lipinski definition) is 1. The maximum absolute atomic E-state index is 12.1. The smallest absolute Gasteiger partial charge is 0.382 e. The van der Waals surface area contributed by atoms with E-state index in [1.54, 1.807) is 0 Å². The molecule has 0 aromatic rings. The van der Waals surface area contributed by atoms with Crippen LogP contribution in [0, 0.1) is 11.8 Å². The molecule has 0 rings (SSSR count). The first-order chi connectivity index (χ1) is 6.11. The van der Waals surface area contributed by atoms with Crippen molar-refractivity contribution in [1.82, 2.24) is 0 Å². The number of carboxylic acids is 1. The first-order valence-corrected chi connectivity index (χ1v) is 2.91. The lowest BCUT2D eigenvalue weighted by molar-refractivity contribution is -0.237. The van der Waals surface area contributed by atoms with E-state index in [-0.39, 0.29) is 5.92 Å². The van der Waals surface area contributed by atoms with E-state index < -0.39 is 24.2 Å². The van der Waals surface area contributed by atoms with Crippen molar-refractivity contribution < 1.29 is 36.2 Å². The van der Waals surface area contributed by atoms with Crippen LogP contribution in [-0.4, -0.2) is 29.3 Å². The monoisotopic (exact) mass is 220 g/mol. The molecule has 0 radical (unpaired) electrons. The minimum atomic E-state index is -5.67. The van der Waals surface area contributed by atoms with Gasteiger partial charge in [0.25, 0.3) is 0 Å². The third-order valence-electron chi connectivity index (χ3n) is 1.02. The summed E-state index contributed by atoms with van der Waals surface area (Å²) in [6.45, 7) is 0. The second-order valence-electron chi connectivity index (χ2n) is 2.05. The number of aliphatic carboxylic acids is 1. The van der Waals surface area contributed by atoms with Crippen LogP contribution in [0.15, 0.2) is 0 Å². The van der Waals surface area contributed by atoms with Gasteiger partial charge in [0.05, 0.1) is 0 Å². The summed E-state index contributed by atoms with van der Waals surface area (Å²) >= 11 is 0. The molecular formula is C6H2F6O2. The molecule has 0 spiro atoms. The fourth-order valence-electron chi connectivity index (χ4n) is 0.352. The van der Waals surface area contributed by atoms with Crippen molar-refractivity contribution in [3.63, 3.8) is 0 Å². The molecule has 0 amide bonds. The molecule has 0 atom stereocenters. The maximum Gasteiger partial charge on any atom is 0.382 e. The molecule has 0 aliphatic rings. The molecule has 0 unspecified atom stereocenters. The molecular weight excluding hydrogens is 218 g/mol. The molecule has 0 fully saturated rings. The summed E-state index contributed by atoms with van der Waals surface area (Å²) < 4.78 is 71.0. The van der Waals surface area contributed by atoms with Gasteiger partial charge in [0.1, 0.15) is 0 Å². The molecule has 0 aliphatic heterocycles. The number of halogens is 6. The van der Waals surface area contributed by atoms with E-state index in [0.29, 0.717) is 5.92 Å². The van der Waals surface area contributed by atoms with E-state index in [2.05, 4.69) is 0 Å². The Bertz CT molecular complexity index is 286. The second kappa shape index (κ2) is 3.77. The summed E-state index contributed by atoms with van der Waals surface area (Å²) in [6.07, 6.45) is -4.62. The lowest BCUT2D eigenvalue weighted by Crippen LogP contribution is -2.45. The number of alkyl halides is 6. The molecule has 8 heteroatoms. The topological polar surface area (TPSA) is 37.3 Å². The van der Waals surface area contributed by atoms with E-state index in [0.717, 1.165) is 0 Å². The van der Waals surface area contributed by atoms with Gasteiger partial charge in [-0.3, -0.25) is 0 Å². The van der Waals surface area contributed by atoms with E-state index in [9.17, 15) is 31.1 Å². The predicted molar refractivity (Wildman–Crippen MR) is 31.3 cm³/mol. The quantitative estimate of drug-likeness (QED) is 0.567. The zero-order chi connectivity index (χ0) is 11.6. The predicted octanol–water partition coefficient (Wildman–Crippen LogP) is 1.61. The zero-order valence-corrected chi connectivity index (χ0v) is 6.20. The second-order valence-corrected chi connectivity index (χ2v) is 2.05. The Kier molecular flexibility index (Phi) is 3.40. The van der Waals surface area contributed by atoms with Gasteiger partial charge in [-0.1, -0.05) is 0 Å². The van der Waals surface area contributed by atoms with E-state index >= 15 is 0 Å². The van der Waals surface area contributed by atoms with Gasteiger partial charge in [-0.2, -0.15) is 17.6 Å². The van der Waals surface area contributed by atoms with Crippen molar-refractivity contribution in [1.29, 1.82) is 0 Å². The molecule has 2 nitrogen and oxygen atoms in total. The minimum Gasteiger partial charge on any atom is -0.472 e. The van der Waals surface area contributed by atoms with Gasteiger partial charge in [0.2, 0.25) is 0 Å². The number of carboxylic acid groups (broad SMARTS) is 1. The molecule has 0 saturated heterocycles. The number of rotatable bonds is 2. The highest BCUT2D eigenvalue weighted by Gasteiger charge is 2.62. The van der Waals surface area contributed by atoms with Crippen LogP contribution in [0.4, 0.5) is 26.3 Å². The van der Waals surface area contributed by atoms with Crippen molar-refractivity contribution in [3.05, 3.63) is 0 Å². The van der Waals surface area contributed by atoms with Crippen molar-refractivity contribution in [2.75, 3.05) is 0 Å². The Morgan fingerprint density at radius 1 is 1.21 bits per heavy atom. The summed E-state index contributed by atoms with van der Waals surface area (Å²) in [7, 11) is 0. The standard InChI is InChI=1S/C6H2F6O2/c7-4(8)6(11,12)5(9,10)2-1-3(13)14/h4H,(H,13,14). The van der Waals surface area contributed by atoms with Crippen LogP contribution in [0.3, 0.4) is 0 Å². The average Bonchev–Trinajstić information content (AvgIpc) is 2.00. The highest BCUT2D eigenvalue weighted by Crippen LogP contribution is 2.38. The molecule has 0 aromatic carbocycles. The summed E-state index contributed by atoms with van der Waals surface area (Å²) in [5.41, 5.74) is 0. The molecule has 0 saturated carbocycles. The Hall–Kier alpha value is -1.39. The van der Waals surface area contributed by atoms with Crippen LogP contribution >= 0.6 is 0 Å². The summed E-state index contributed by atoms with van der Waals surface area (Å²) in [6, 6.07) is 0. The molecule has 80 valence electrons. The molecule has 0 bridgehead atoms. The molecule has 14 heavy (non-hydrogen) atoms. The van der Waals surface area contributed by atoms with Crippen LogP contribution in [0.1, 0.15) is 0 Å². The van der Waals surface area contributed by atoms with Crippen LogP contribution in [-0.2, 0) is 4.79 Å². The van der Waals surface area contributed by atoms with Crippen LogP contribution in [0.2, 0.25) is 0 Å². The Morgan fingerprint density at radius 3 is 1.93 bits per heavy atom. The van der Waals surface area contributed by atoms with Gasteiger partial charge < -0.3 is 5.11 Å². The molecule has 1 N–H and O–H groups in total. The molecule has 0 heterocycles. The normalized spacial score (nSPS) is 12.2. The summed E-state index contributed by atoms with van der Waals surface area (Å²) in [5, 5.41) is 7.74. The highest BCUT2D eigenvalue weighted by atomic mass is 19.3. The van der Waals surface area contributed by atoms with Crippen molar-refractivity contribution in [2.24, 2.45) is 0 Å². The first-order valence-electron chi connectivity index (χ1n) is 2.91. The highest BCUT2D eigenvalue weighted by molar-refractivity contribution is 5.86. The molecule has 0 aliphatic carbocycles. The SMILES string of the molecule is O=C(O)C#CC(F)(F)C(F)(F)C(F)F. The Morgan fingerprint density at radius 2 is 1.64 bits per heavy atom. The van der Waals surface area contributed by atoms with Gasteiger partial charge in [0, 0.05) is 5.92 Å². The molecule has 0 aromatic heterocycles. The summed E-state index contributed by atoms with van der Waals surface area (Å²) in [4.78, 5) is 9.60. The first kappa shape index (κ1) is 12.6. The largest absolute Gasteiger partial charge is 0.472 e. The van der Waals surface area contributed by atoms with E-state index in [1.165, 1.54) is 0 Å². The lowest BCUT2D eigenvalue weighted by atomic mass is 10.2. The van der Waals surface area contributed by atoms with Gasteiger partial charge in [-0.05, 0) is 5.92 Å². The van der Waals surface area contributed by atoms with Gasteiger partial charge in [-0.15, -0.1) is 0 Å². The van der Waals surface area contributed by atoms with Crippen LogP contribution in [0.25, 0.3) is 0 Å². The fraction of sp³-hybridized carbons (Fsp3) is 0.500. The Labute approximate surface area is 73.5 Å². The lowest BCUT2D eigenvalue weighted by Gasteiger charge is -2.20. The van der Waals surface area contributed by atoms with E-state index in [1.807, 2.05) is 0 Å². The summed E-state index contributed by atoms with van der Waals surface area (Å²) in [5.74, 6) is -12.2. The maximum atomic E-state index is 12.1. The third-order valence-corrected chi connectivity index (χ3v) is 1.02. The van der Waals surface area contributed by atoms with Crippen LogP contribution in [0.5, 0.6) is 0 Å². The van der Waals surface area contributed by atoms with Gasteiger partial charge >= 0.3 is 24.2 Å². The fourth-order valence-corrected chi connectivity index (χ4v) is 0.352. The zero-order valence-electron chi connectivity index (χ0n) is 6.20. The minimum absolute atomic E-state index is 0.267. The van der Waals surface area contributed by atoms with Gasteiger partial charge in [0.15, 0.2) is 0 Å². The average molecular weight is 220 g/mol. The van der Waals surface area contributed by atoms with Gasteiger partial charge in [-0.25, -0.2) is 13.6 Å². The van der Waals surface area contributed by atoms with E-state index in [4.69, 9.17) is 5.11 Å². The van der Waals surface area contributed by atoms with Crippen molar-refractivity contribution >= 4 is 5.97 Å². The Balaban J connectivity index is 4.98. The third kappa shape index (κ3) is 2.55. The van der Waals surface area contributed by atoms with Crippen molar-refractivity contribution in [2.45, 2.75) is 18.3 Å². The van der Waals surface area contributed by atoms with Crippen molar-refractivity contribution in [3.8, 4) is 11.8 Å².